The molecule has 15 heavy (non-hydrogen) atoms. The van der Waals surface area contributed by atoms with Crippen molar-refractivity contribution >= 4 is 21.9 Å². The van der Waals surface area contributed by atoms with Crippen LogP contribution in [0.25, 0.3) is 0 Å². The number of aliphatic carboxylic acids is 1. The molecule has 1 aromatic carbocycles. The summed E-state index contributed by atoms with van der Waals surface area (Å²) >= 11 is 3.06. The van der Waals surface area contributed by atoms with Crippen molar-refractivity contribution in [2.75, 3.05) is 0 Å². The third kappa shape index (κ3) is 3.28. The van der Waals surface area contributed by atoms with Gasteiger partial charge in [0.05, 0.1) is 11.1 Å². The second-order valence-corrected chi connectivity index (χ2v) is 3.80. The highest BCUT2D eigenvalue weighted by Crippen LogP contribution is 2.21. The molecule has 0 spiro atoms. The lowest BCUT2D eigenvalue weighted by atomic mass is 10.2. The summed E-state index contributed by atoms with van der Waals surface area (Å²) < 4.78 is 18.4. The second kappa shape index (κ2) is 5.23. The van der Waals surface area contributed by atoms with Gasteiger partial charge in [-0.1, -0.05) is 12.1 Å². The van der Waals surface area contributed by atoms with E-state index in [9.17, 15) is 9.18 Å². The van der Waals surface area contributed by atoms with E-state index in [4.69, 9.17) is 9.84 Å². The number of hydrogen-bond acceptors (Lipinski definition) is 2. The van der Waals surface area contributed by atoms with Crippen LogP contribution in [0.2, 0.25) is 0 Å². The fourth-order valence-corrected chi connectivity index (χ4v) is 1.32. The Morgan fingerprint density at radius 2 is 2.33 bits per heavy atom. The Bertz CT molecular complexity index is 368. The highest BCUT2D eigenvalue weighted by molar-refractivity contribution is 9.10. The molecular formula is C10H10BrFO3. The van der Waals surface area contributed by atoms with Crippen LogP contribution in [0, 0.1) is 5.82 Å². The molecule has 3 nitrogen and oxygen atoms in total. The predicted octanol–water partition coefficient (Wildman–Crippen LogP) is 2.58. The van der Waals surface area contributed by atoms with Crippen molar-refractivity contribution in [3.8, 4) is 0 Å². The molecule has 0 fully saturated rings. The average Bonchev–Trinajstić information content (AvgIpc) is 2.19. The summed E-state index contributed by atoms with van der Waals surface area (Å²) in [5.41, 5.74) is 0.586. The molecule has 1 unspecified atom stereocenters. The van der Waals surface area contributed by atoms with Crippen molar-refractivity contribution in [1.82, 2.24) is 0 Å². The quantitative estimate of drug-likeness (QED) is 0.920. The van der Waals surface area contributed by atoms with Crippen LogP contribution < -0.4 is 0 Å². The summed E-state index contributed by atoms with van der Waals surface area (Å²) in [6, 6.07) is 4.53. The largest absolute Gasteiger partial charge is 0.479 e. The number of hydrogen-bond donors (Lipinski definition) is 1. The van der Waals surface area contributed by atoms with Gasteiger partial charge in [-0.2, -0.15) is 0 Å². The Morgan fingerprint density at radius 3 is 2.93 bits per heavy atom. The average molecular weight is 277 g/mol. The maximum atomic E-state index is 13.0. The first-order valence-corrected chi connectivity index (χ1v) is 5.09. The van der Waals surface area contributed by atoms with Crippen LogP contribution in [0.15, 0.2) is 22.7 Å². The van der Waals surface area contributed by atoms with Crippen LogP contribution in [-0.4, -0.2) is 17.2 Å². The number of carbonyl (C=O) groups is 1. The predicted molar refractivity (Wildman–Crippen MR) is 56.0 cm³/mol. The summed E-state index contributed by atoms with van der Waals surface area (Å²) in [5, 5.41) is 8.57. The van der Waals surface area contributed by atoms with Crippen molar-refractivity contribution in [2.45, 2.75) is 19.6 Å². The first-order valence-electron chi connectivity index (χ1n) is 4.29. The molecule has 82 valence electrons. The van der Waals surface area contributed by atoms with E-state index in [1.165, 1.54) is 13.0 Å². The van der Waals surface area contributed by atoms with Gasteiger partial charge >= 0.3 is 5.97 Å². The Balaban J connectivity index is 2.66. The normalized spacial score (nSPS) is 12.5. The van der Waals surface area contributed by atoms with E-state index in [2.05, 4.69) is 15.9 Å². The number of ether oxygens (including phenoxy) is 1. The fraction of sp³-hybridized carbons (Fsp3) is 0.300. The molecule has 0 aromatic heterocycles. The molecule has 0 amide bonds. The van der Waals surface area contributed by atoms with Crippen LogP contribution in [0.4, 0.5) is 4.39 Å². The number of carboxylic acid groups (broad SMARTS) is 1. The molecule has 1 rings (SSSR count). The Hall–Kier alpha value is -0.940. The molecule has 0 aliphatic carbocycles. The van der Waals surface area contributed by atoms with Gasteiger partial charge in [0, 0.05) is 0 Å². The molecule has 0 heterocycles. The van der Waals surface area contributed by atoms with E-state index >= 15 is 0 Å². The summed E-state index contributed by atoms with van der Waals surface area (Å²) in [6.45, 7) is 1.49. The Kier molecular flexibility index (Phi) is 4.23. The highest BCUT2D eigenvalue weighted by atomic mass is 79.9. The van der Waals surface area contributed by atoms with Crippen molar-refractivity contribution in [1.29, 1.82) is 0 Å². The van der Waals surface area contributed by atoms with Crippen LogP contribution in [0.3, 0.4) is 0 Å². The molecule has 1 atom stereocenters. The van der Waals surface area contributed by atoms with Gasteiger partial charge in [0.15, 0.2) is 6.10 Å². The van der Waals surface area contributed by atoms with Gasteiger partial charge in [-0.3, -0.25) is 0 Å². The Labute approximate surface area is 95.0 Å². The molecule has 0 aliphatic rings. The highest BCUT2D eigenvalue weighted by Gasteiger charge is 2.12. The SMILES string of the molecule is CC(OCc1cccc(F)c1Br)C(=O)O. The second-order valence-electron chi connectivity index (χ2n) is 3.00. The maximum Gasteiger partial charge on any atom is 0.332 e. The van der Waals surface area contributed by atoms with Crippen molar-refractivity contribution < 1.29 is 19.0 Å². The maximum absolute atomic E-state index is 13.0. The van der Waals surface area contributed by atoms with Gasteiger partial charge < -0.3 is 9.84 Å². The zero-order valence-corrected chi connectivity index (χ0v) is 9.62. The van der Waals surface area contributed by atoms with Gasteiger partial charge in [-0.05, 0) is 34.5 Å². The van der Waals surface area contributed by atoms with Crippen LogP contribution in [0.1, 0.15) is 12.5 Å². The van der Waals surface area contributed by atoms with Crippen molar-refractivity contribution in [2.24, 2.45) is 0 Å². The number of rotatable bonds is 4. The number of benzene rings is 1. The summed E-state index contributed by atoms with van der Waals surface area (Å²) in [6.07, 6.45) is -0.903. The third-order valence-corrected chi connectivity index (χ3v) is 2.76. The lowest BCUT2D eigenvalue weighted by Gasteiger charge is -2.09. The Morgan fingerprint density at radius 1 is 1.67 bits per heavy atom. The van der Waals surface area contributed by atoms with Crippen LogP contribution in [0.5, 0.6) is 0 Å². The number of halogens is 2. The summed E-state index contributed by atoms with van der Waals surface area (Å²) in [7, 11) is 0. The molecular weight excluding hydrogens is 267 g/mol. The minimum Gasteiger partial charge on any atom is -0.479 e. The molecule has 0 saturated carbocycles. The molecule has 1 N–H and O–H groups in total. The molecule has 0 saturated heterocycles. The fourth-order valence-electron chi connectivity index (χ4n) is 0.946. The van der Waals surface area contributed by atoms with Gasteiger partial charge in [-0.15, -0.1) is 0 Å². The lowest BCUT2D eigenvalue weighted by Crippen LogP contribution is -2.19. The van der Waals surface area contributed by atoms with E-state index in [-0.39, 0.29) is 12.4 Å². The zero-order valence-electron chi connectivity index (χ0n) is 8.04. The summed E-state index contributed by atoms with van der Waals surface area (Å²) in [4.78, 5) is 10.5. The first-order chi connectivity index (χ1) is 7.02. The van der Waals surface area contributed by atoms with E-state index < -0.39 is 12.1 Å². The third-order valence-electron chi connectivity index (χ3n) is 1.87. The topological polar surface area (TPSA) is 46.5 Å². The molecule has 1 aromatic rings. The van der Waals surface area contributed by atoms with E-state index in [1.807, 2.05) is 0 Å². The number of carboxylic acids is 1. The smallest absolute Gasteiger partial charge is 0.332 e. The minimum atomic E-state index is -1.04. The van der Waals surface area contributed by atoms with E-state index in [1.54, 1.807) is 12.1 Å². The summed E-state index contributed by atoms with van der Waals surface area (Å²) in [5.74, 6) is -1.43. The first kappa shape index (κ1) is 12.1. The van der Waals surface area contributed by atoms with Crippen LogP contribution >= 0.6 is 15.9 Å². The molecule has 0 aliphatic heterocycles. The minimum absolute atomic E-state index is 0.0613. The van der Waals surface area contributed by atoms with E-state index in [0.29, 0.717) is 10.0 Å². The molecule has 0 radical (unpaired) electrons. The van der Waals surface area contributed by atoms with Gasteiger partial charge in [0.1, 0.15) is 5.82 Å². The molecule has 5 heteroatoms. The van der Waals surface area contributed by atoms with Crippen molar-refractivity contribution in [3.05, 3.63) is 34.1 Å². The standard InChI is InChI=1S/C10H10BrFO3/c1-6(10(13)14)15-5-7-3-2-4-8(12)9(7)11/h2-4,6H,5H2,1H3,(H,13,14). The van der Waals surface area contributed by atoms with Gasteiger partial charge in [0.25, 0.3) is 0 Å². The van der Waals surface area contributed by atoms with E-state index in [0.717, 1.165) is 0 Å². The zero-order chi connectivity index (χ0) is 11.4. The van der Waals surface area contributed by atoms with Gasteiger partial charge in [-0.25, -0.2) is 9.18 Å². The van der Waals surface area contributed by atoms with Crippen molar-refractivity contribution in [3.63, 3.8) is 0 Å². The monoisotopic (exact) mass is 276 g/mol. The lowest BCUT2D eigenvalue weighted by molar-refractivity contribution is -0.149. The van der Waals surface area contributed by atoms with Crippen LogP contribution in [-0.2, 0) is 16.1 Å². The molecule has 0 bridgehead atoms. The van der Waals surface area contributed by atoms with Gasteiger partial charge in [0.2, 0.25) is 0 Å².